The number of nitrogens with two attached hydrogens (primary N) is 1. The van der Waals surface area contributed by atoms with Crippen LogP contribution in [0.5, 0.6) is 0 Å². The largest absolute Gasteiger partial charge is 0.342 e. The van der Waals surface area contributed by atoms with E-state index < -0.39 is 0 Å². The molecule has 0 aliphatic rings. The van der Waals surface area contributed by atoms with Gasteiger partial charge in [-0.3, -0.25) is 0 Å². The molecule has 1 heterocycles. The molecular weight excluding hydrogens is 246 g/mol. The molecule has 1 atom stereocenters. The zero-order valence-corrected chi connectivity index (χ0v) is 11.6. The molecule has 0 saturated carbocycles. The average molecular weight is 265 g/mol. The second kappa shape index (κ2) is 5.47. The lowest BCUT2D eigenvalue weighted by Gasteiger charge is -2.10. The van der Waals surface area contributed by atoms with E-state index in [-0.39, 0.29) is 6.04 Å². The molecule has 1 unspecified atom stereocenters. The standard InChI is InChI=1S/C17H19N3/c1-12-7-9-15-16(11-12)20-17(19-15)10-8-14(18)13-5-3-2-4-6-13/h2-7,9,11,14H,8,10,18H2,1H3,(H,19,20). The number of hydrogen-bond acceptors (Lipinski definition) is 2. The van der Waals surface area contributed by atoms with Gasteiger partial charge < -0.3 is 10.7 Å². The Kier molecular flexibility index (Phi) is 3.52. The van der Waals surface area contributed by atoms with Crippen LogP contribution in [0.25, 0.3) is 11.0 Å². The van der Waals surface area contributed by atoms with E-state index in [9.17, 15) is 0 Å². The third-order valence-corrected chi connectivity index (χ3v) is 3.61. The van der Waals surface area contributed by atoms with E-state index >= 15 is 0 Å². The van der Waals surface area contributed by atoms with Crippen LogP contribution >= 0.6 is 0 Å². The fraction of sp³-hybridized carbons (Fsp3) is 0.235. The summed E-state index contributed by atoms with van der Waals surface area (Å²) in [7, 11) is 0. The number of aromatic amines is 1. The van der Waals surface area contributed by atoms with Gasteiger partial charge in [0.2, 0.25) is 0 Å². The summed E-state index contributed by atoms with van der Waals surface area (Å²) in [5.74, 6) is 1.01. The highest BCUT2D eigenvalue weighted by molar-refractivity contribution is 5.75. The quantitative estimate of drug-likeness (QED) is 0.758. The summed E-state index contributed by atoms with van der Waals surface area (Å²) in [5, 5.41) is 0. The van der Waals surface area contributed by atoms with Gasteiger partial charge in [-0.2, -0.15) is 0 Å². The van der Waals surface area contributed by atoms with Gasteiger partial charge in [0.15, 0.2) is 0 Å². The molecule has 0 aliphatic heterocycles. The second-order valence-electron chi connectivity index (χ2n) is 5.26. The maximum atomic E-state index is 6.22. The zero-order chi connectivity index (χ0) is 13.9. The normalized spacial score (nSPS) is 12.7. The van der Waals surface area contributed by atoms with Crippen molar-refractivity contribution in [2.75, 3.05) is 0 Å². The van der Waals surface area contributed by atoms with E-state index in [1.807, 2.05) is 18.2 Å². The number of nitrogens with one attached hydrogen (secondary N) is 1. The first-order valence-electron chi connectivity index (χ1n) is 6.98. The van der Waals surface area contributed by atoms with E-state index in [1.54, 1.807) is 0 Å². The summed E-state index contributed by atoms with van der Waals surface area (Å²) in [5.41, 5.74) is 10.8. The maximum Gasteiger partial charge on any atom is 0.107 e. The Labute approximate surface area is 118 Å². The molecule has 0 aliphatic carbocycles. The van der Waals surface area contributed by atoms with Gasteiger partial charge in [0, 0.05) is 12.5 Å². The molecule has 0 saturated heterocycles. The second-order valence-corrected chi connectivity index (χ2v) is 5.26. The fourth-order valence-corrected chi connectivity index (χ4v) is 2.45. The topological polar surface area (TPSA) is 54.7 Å². The molecule has 0 amide bonds. The van der Waals surface area contributed by atoms with Crippen LogP contribution in [0, 0.1) is 6.92 Å². The zero-order valence-electron chi connectivity index (χ0n) is 11.6. The van der Waals surface area contributed by atoms with Crippen molar-refractivity contribution >= 4 is 11.0 Å². The summed E-state index contributed by atoms with van der Waals surface area (Å²) < 4.78 is 0. The minimum atomic E-state index is 0.0612. The van der Waals surface area contributed by atoms with Crippen molar-refractivity contribution in [2.45, 2.75) is 25.8 Å². The minimum absolute atomic E-state index is 0.0612. The predicted octanol–water partition coefficient (Wildman–Crippen LogP) is 3.50. The molecule has 0 radical (unpaired) electrons. The van der Waals surface area contributed by atoms with Crippen molar-refractivity contribution in [1.29, 1.82) is 0 Å². The molecule has 3 heteroatoms. The summed E-state index contributed by atoms with van der Waals surface area (Å²) in [6.45, 7) is 2.09. The van der Waals surface area contributed by atoms with E-state index in [0.29, 0.717) is 0 Å². The SMILES string of the molecule is Cc1ccc2nc(CCC(N)c3ccccc3)[nH]c2c1. The van der Waals surface area contributed by atoms with Gasteiger partial charge in [0.1, 0.15) is 5.82 Å². The third kappa shape index (κ3) is 2.73. The van der Waals surface area contributed by atoms with Crippen molar-refractivity contribution in [3.63, 3.8) is 0 Å². The van der Waals surface area contributed by atoms with Crippen LogP contribution < -0.4 is 5.73 Å². The Balaban J connectivity index is 1.71. The summed E-state index contributed by atoms with van der Waals surface area (Å²) in [4.78, 5) is 7.98. The van der Waals surface area contributed by atoms with Crippen LogP contribution in [0.2, 0.25) is 0 Å². The van der Waals surface area contributed by atoms with Crippen molar-refractivity contribution in [1.82, 2.24) is 9.97 Å². The highest BCUT2D eigenvalue weighted by Crippen LogP contribution is 2.18. The predicted molar refractivity (Wildman–Crippen MR) is 82.5 cm³/mol. The van der Waals surface area contributed by atoms with Gasteiger partial charge in [-0.15, -0.1) is 0 Å². The average Bonchev–Trinajstić information content (AvgIpc) is 2.87. The number of fused-ring (bicyclic) bond motifs is 1. The number of imidazole rings is 1. The van der Waals surface area contributed by atoms with Gasteiger partial charge >= 0.3 is 0 Å². The number of aryl methyl sites for hydroxylation is 2. The molecule has 2 aromatic carbocycles. The lowest BCUT2D eigenvalue weighted by atomic mass is 10.0. The van der Waals surface area contributed by atoms with Crippen LogP contribution in [0.3, 0.4) is 0 Å². The molecule has 3 N–H and O–H groups in total. The van der Waals surface area contributed by atoms with E-state index in [0.717, 1.165) is 29.7 Å². The molecule has 1 aromatic heterocycles. The van der Waals surface area contributed by atoms with Crippen molar-refractivity contribution in [3.8, 4) is 0 Å². The molecule has 3 nitrogen and oxygen atoms in total. The maximum absolute atomic E-state index is 6.22. The first kappa shape index (κ1) is 12.9. The van der Waals surface area contributed by atoms with Crippen molar-refractivity contribution < 1.29 is 0 Å². The van der Waals surface area contributed by atoms with Crippen molar-refractivity contribution in [3.05, 3.63) is 65.5 Å². The smallest absolute Gasteiger partial charge is 0.107 e. The third-order valence-electron chi connectivity index (χ3n) is 3.61. The summed E-state index contributed by atoms with van der Waals surface area (Å²) >= 11 is 0. The number of benzene rings is 2. The van der Waals surface area contributed by atoms with Gasteiger partial charge in [0.25, 0.3) is 0 Å². The van der Waals surface area contributed by atoms with Gasteiger partial charge in [-0.25, -0.2) is 4.98 Å². The molecule has 102 valence electrons. The Morgan fingerprint density at radius 1 is 1.15 bits per heavy atom. The lowest BCUT2D eigenvalue weighted by molar-refractivity contribution is 0.639. The number of nitrogens with zero attached hydrogens (tertiary/aromatic N) is 1. The monoisotopic (exact) mass is 265 g/mol. The number of hydrogen-bond donors (Lipinski definition) is 2. The van der Waals surface area contributed by atoms with Gasteiger partial charge in [-0.05, 0) is 36.6 Å². The Hall–Kier alpha value is -2.13. The van der Waals surface area contributed by atoms with Gasteiger partial charge in [-0.1, -0.05) is 36.4 Å². The van der Waals surface area contributed by atoms with E-state index in [4.69, 9.17) is 5.73 Å². The number of aromatic nitrogens is 2. The van der Waals surface area contributed by atoms with Crippen LogP contribution in [0.4, 0.5) is 0 Å². The lowest BCUT2D eigenvalue weighted by Crippen LogP contribution is -2.11. The Morgan fingerprint density at radius 3 is 2.75 bits per heavy atom. The van der Waals surface area contributed by atoms with Crippen LogP contribution in [0.1, 0.15) is 29.4 Å². The van der Waals surface area contributed by atoms with Crippen molar-refractivity contribution in [2.24, 2.45) is 5.73 Å². The molecular formula is C17H19N3. The highest BCUT2D eigenvalue weighted by Gasteiger charge is 2.08. The Bertz CT molecular complexity index is 701. The van der Waals surface area contributed by atoms with E-state index in [2.05, 4.69) is 47.2 Å². The molecule has 0 fully saturated rings. The van der Waals surface area contributed by atoms with Gasteiger partial charge in [0.05, 0.1) is 11.0 Å². The summed E-state index contributed by atoms with van der Waals surface area (Å²) in [6.07, 6.45) is 1.76. The number of rotatable bonds is 4. The number of H-pyrrole nitrogens is 1. The van der Waals surface area contributed by atoms with Crippen LogP contribution in [-0.4, -0.2) is 9.97 Å². The molecule has 20 heavy (non-hydrogen) atoms. The molecule has 3 aromatic rings. The minimum Gasteiger partial charge on any atom is -0.342 e. The first-order chi connectivity index (χ1) is 9.72. The molecule has 0 spiro atoms. The summed E-state index contributed by atoms with van der Waals surface area (Å²) in [6, 6.07) is 16.6. The molecule has 0 bridgehead atoms. The Morgan fingerprint density at radius 2 is 1.95 bits per heavy atom. The highest BCUT2D eigenvalue weighted by atomic mass is 14.9. The fourth-order valence-electron chi connectivity index (χ4n) is 2.45. The first-order valence-corrected chi connectivity index (χ1v) is 6.98. The molecule has 3 rings (SSSR count). The van der Waals surface area contributed by atoms with Crippen LogP contribution in [-0.2, 0) is 6.42 Å². The van der Waals surface area contributed by atoms with Crippen LogP contribution in [0.15, 0.2) is 48.5 Å². The van der Waals surface area contributed by atoms with E-state index in [1.165, 1.54) is 11.1 Å².